The fourth-order valence-electron chi connectivity index (χ4n) is 4.83. The van der Waals surface area contributed by atoms with Gasteiger partial charge in [0, 0.05) is 23.4 Å². The van der Waals surface area contributed by atoms with Crippen LogP contribution in [0.2, 0.25) is 0 Å². The molecule has 0 spiro atoms. The van der Waals surface area contributed by atoms with Crippen molar-refractivity contribution in [1.29, 1.82) is 5.26 Å². The molecular formula is C29H31N3O4S. The van der Waals surface area contributed by atoms with Gasteiger partial charge in [0.15, 0.2) is 17.3 Å². The number of carbonyl (C=O) groups excluding carboxylic acids is 2. The van der Waals surface area contributed by atoms with Crippen molar-refractivity contribution in [3.8, 4) is 17.6 Å². The average Bonchev–Trinajstić information content (AvgIpc) is 2.86. The van der Waals surface area contributed by atoms with Crippen LogP contribution in [0, 0.1) is 23.7 Å². The Labute approximate surface area is 221 Å². The second kappa shape index (κ2) is 10.7. The van der Waals surface area contributed by atoms with Crippen molar-refractivity contribution in [3.05, 3.63) is 75.5 Å². The largest absolute Gasteiger partial charge is 0.493 e. The molecule has 1 aliphatic heterocycles. The molecular weight excluding hydrogens is 486 g/mol. The number of anilines is 1. The van der Waals surface area contributed by atoms with E-state index in [0.29, 0.717) is 40.5 Å². The minimum atomic E-state index is -0.563. The second-order valence-electron chi connectivity index (χ2n) is 10.1. The Morgan fingerprint density at radius 3 is 2.49 bits per heavy atom. The molecule has 4 rings (SSSR count). The number of amides is 1. The first-order valence-corrected chi connectivity index (χ1v) is 13.0. The van der Waals surface area contributed by atoms with Gasteiger partial charge in [0.1, 0.15) is 0 Å². The molecule has 2 N–H and O–H groups in total. The van der Waals surface area contributed by atoms with Gasteiger partial charge in [-0.05, 0) is 48.6 Å². The number of nitriles is 1. The predicted molar refractivity (Wildman–Crippen MR) is 145 cm³/mol. The van der Waals surface area contributed by atoms with Crippen LogP contribution in [-0.4, -0.2) is 31.7 Å². The van der Waals surface area contributed by atoms with Gasteiger partial charge >= 0.3 is 0 Å². The van der Waals surface area contributed by atoms with E-state index in [2.05, 4.69) is 30.6 Å². The Morgan fingerprint density at radius 2 is 1.84 bits per heavy atom. The van der Waals surface area contributed by atoms with Crippen LogP contribution in [-0.2, 0) is 9.59 Å². The molecule has 1 heterocycles. The molecule has 0 saturated heterocycles. The number of nitrogens with one attached hydrogen (secondary N) is 2. The number of methoxy groups -OCH3 is 2. The third-order valence-corrected chi connectivity index (χ3v) is 7.57. The van der Waals surface area contributed by atoms with Crippen LogP contribution in [0.4, 0.5) is 5.69 Å². The number of carbonyl (C=O) groups is 2. The zero-order valence-corrected chi connectivity index (χ0v) is 22.5. The number of hydrogen-bond donors (Lipinski definition) is 2. The third kappa shape index (κ3) is 5.67. The summed E-state index contributed by atoms with van der Waals surface area (Å²) in [5.74, 6) is 0.478. The number of ether oxygens (including phenoxy) is 2. The monoisotopic (exact) mass is 517 g/mol. The highest BCUT2D eigenvalue weighted by atomic mass is 32.2. The Kier molecular flexibility index (Phi) is 7.65. The fourth-order valence-corrected chi connectivity index (χ4v) is 5.69. The van der Waals surface area contributed by atoms with Crippen LogP contribution in [0.5, 0.6) is 11.5 Å². The van der Waals surface area contributed by atoms with E-state index < -0.39 is 5.92 Å². The number of benzene rings is 2. The molecule has 2 aromatic carbocycles. The van der Waals surface area contributed by atoms with E-state index in [1.165, 1.54) is 11.8 Å². The van der Waals surface area contributed by atoms with E-state index in [1.54, 1.807) is 20.3 Å². The van der Waals surface area contributed by atoms with E-state index in [1.807, 2.05) is 43.3 Å². The molecule has 1 atom stereocenters. The van der Waals surface area contributed by atoms with Gasteiger partial charge < -0.3 is 20.1 Å². The van der Waals surface area contributed by atoms with E-state index in [0.717, 1.165) is 22.5 Å². The van der Waals surface area contributed by atoms with Gasteiger partial charge in [-0.15, -0.1) is 0 Å². The van der Waals surface area contributed by atoms with Crippen molar-refractivity contribution in [1.82, 2.24) is 5.32 Å². The van der Waals surface area contributed by atoms with Gasteiger partial charge in [-0.25, -0.2) is 0 Å². The molecule has 2 aromatic rings. The number of nitrogens with zero attached hydrogens (tertiary/aromatic N) is 1. The van der Waals surface area contributed by atoms with Crippen molar-refractivity contribution < 1.29 is 19.1 Å². The van der Waals surface area contributed by atoms with Crippen molar-refractivity contribution >= 4 is 29.1 Å². The fraction of sp³-hybridized carbons (Fsp3) is 0.345. The summed E-state index contributed by atoms with van der Waals surface area (Å²) in [4.78, 5) is 26.1. The van der Waals surface area contributed by atoms with Gasteiger partial charge in [-0.3, -0.25) is 9.59 Å². The third-order valence-electron chi connectivity index (χ3n) is 6.55. The molecule has 7 nitrogen and oxygen atoms in total. The highest BCUT2D eigenvalue weighted by Gasteiger charge is 2.42. The van der Waals surface area contributed by atoms with E-state index in [-0.39, 0.29) is 22.9 Å². The molecule has 192 valence electrons. The van der Waals surface area contributed by atoms with Crippen LogP contribution in [0.3, 0.4) is 0 Å². The number of thioether (sulfide) groups is 1. The number of hydrogen-bond acceptors (Lipinski definition) is 7. The lowest BCUT2D eigenvalue weighted by molar-refractivity contribution is -0.118. The minimum absolute atomic E-state index is 0.0208. The standard InChI is InChI=1S/C29H31N3O4S/c1-17-6-9-19(10-7-17)31-25(34)16-37-28-20(15-30)26(18-8-11-23(35-4)24(12-18)36-5)27-21(32-28)13-29(2,3)14-22(27)33/h6-12,26,32H,13-14,16H2,1-5H3,(H,31,34). The molecule has 1 amide bonds. The van der Waals surface area contributed by atoms with Crippen molar-refractivity contribution in [2.24, 2.45) is 5.41 Å². The maximum Gasteiger partial charge on any atom is 0.234 e. The molecule has 0 fully saturated rings. The lowest BCUT2D eigenvalue weighted by Crippen LogP contribution is -2.37. The maximum absolute atomic E-state index is 13.4. The van der Waals surface area contributed by atoms with Gasteiger partial charge in [0.25, 0.3) is 0 Å². The van der Waals surface area contributed by atoms with Crippen molar-refractivity contribution in [2.45, 2.75) is 39.5 Å². The molecule has 1 aliphatic carbocycles. The van der Waals surface area contributed by atoms with Crippen LogP contribution < -0.4 is 20.1 Å². The molecule has 2 aliphatic rings. The lowest BCUT2D eigenvalue weighted by atomic mass is 9.69. The Bertz CT molecular complexity index is 1340. The summed E-state index contributed by atoms with van der Waals surface area (Å²) < 4.78 is 10.9. The smallest absolute Gasteiger partial charge is 0.234 e. The summed E-state index contributed by atoms with van der Waals surface area (Å²) in [6.45, 7) is 6.11. The van der Waals surface area contributed by atoms with E-state index in [9.17, 15) is 14.9 Å². The number of allylic oxidation sites excluding steroid dienone is 3. The number of Topliss-reactive ketones (excluding diaryl/α,β-unsaturated/α-hetero) is 1. The number of rotatable bonds is 7. The highest BCUT2D eigenvalue weighted by molar-refractivity contribution is 8.03. The second-order valence-corrected chi connectivity index (χ2v) is 11.0. The van der Waals surface area contributed by atoms with Gasteiger partial charge in [-0.1, -0.05) is 49.4 Å². The minimum Gasteiger partial charge on any atom is -0.493 e. The summed E-state index contributed by atoms with van der Waals surface area (Å²) in [6, 6.07) is 15.4. The van der Waals surface area contributed by atoms with Crippen LogP contribution >= 0.6 is 11.8 Å². The first-order valence-electron chi connectivity index (χ1n) is 12.0. The lowest BCUT2D eigenvalue weighted by Gasteiger charge is -2.39. The van der Waals surface area contributed by atoms with Crippen molar-refractivity contribution in [2.75, 3.05) is 25.3 Å². The summed E-state index contributed by atoms with van der Waals surface area (Å²) in [5, 5.41) is 17.1. The first kappa shape index (κ1) is 26.4. The van der Waals surface area contributed by atoms with E-state index in [4.69, 9.17) is 9.47 Å². The summed E-state index contributed by atoms with van der Waals surface area (Å²) in [5.41, 5.74) is 4.20. The van der Waals surface area contributed by atoms with Gasteiger partial charge in [0.2, 0.25) is 5.91 Å². The first-order chi connectivity index (χ1) is 17.7. The summed E-state index contributed by atoms with van der Waals surface area (Å²) in [6.07, 6.45) is 1.06. The molecule has 1 unspecified atom stereocenters. The van der Waals surface area contributed by atoms with Crippen molar-refractivity contribution in [3.63, 3.8) is 0 Å². The van der Waals surface area contributed by atoms with Gasteiger partial charge in [-0.2, -0.15) is 5.26 Å². The Morgan fingerprint density at radius 1 is 1.14 bits per heavy atom. The number of ketones is 1. The Balaban J connectivity index is 1.69. The zero-order chi connectivity index (χ0) is 26.7. The molecule has 37 heavy (non-hydrogen) atoms. The number of dihydropyridines is 1. The molecule has 8 heteroatoms. The van der Waals surface area contributed by atoms with E-state index >= 15 is 0 Å². The van der Waals surface area contributed by atoms with Crippen LogP contribution in [0.1, 0.15) is 43.7 Å². The normalized spacial score (nSPS) is 18.5. The van der Waals surface area contributed by atoms with Crippen LogP contribution in [0.15, 0.2) is 64.3 Å². The highest BCUT2D eigenvalue weighted by Crippen LogP contribution is 2.48. The zero-order valence-electron chi connectivity index (χ0n) is 21.7. The molecule has 0 aromatic heterocycles. The quantitative estimate of drug-likeness (QED) is 0.504. The van der Waals surface area contributed by atoms with Crippen LogP contribution in [0.25, 0.3) is 0 Å². The summed E-state index contributed by atoms with van der Waals surface area (Å²) >= 11 is 1.27. The number of aryl methyl sites for hydroxylation is 1. The topological polar surface area (TPSA) is 100 Å². The maximum atomic E-state index is 13.4. The summed E-state index contributed by atoms with van der Waals surface area (Å²) in [7, 11) is 3.12. The molecule has 0 radical (unpaired) electrons. The molecule has 0 bridgehead atoms. The average molecular weight is 518 g/mol. The Hall–Kier alpha value is -3.70. The SMILES string of the molecule is COc1ccc(C2C(C#N)=C(SCC(=O)Nc3ccc(C)cc3)NC3=C2C(=O)CC(C)(C)C3)cc1OC. The predicted octanol–water partition coefficient (Wildman–Crippen LogP) is 5.45. The molecule has 0 saturated carbocycles. The van der Waals surface area contributed by atoms with Gasteiger partial charge in [0.05, 0.1) is 42.6 Å².